The van der Waals surface area contributed by atoms with Gasteiger partial charge in [0, 0.05) is 26.1 Å². The van der Waals surface area contributed by atoms with Crippen molar-refractivity contribution in [1.82, 2.24) is 4.90 Å². The highest BCUT2D eigenvalue weighted by Crippen LogP contribution is 2.28. The van der Waals surface area contributed by atoms with Crippen LogP contribution in [0.25, 0.3) is 0 Å². The summed E-state index contributed by atoms with van der Waals surface area (Å²) in [5.74, 6) is -0.755. The smallest absolute Gasteiger partial charge is 0.308 e. The average Bonchev–Trinajstić information content (AvgIpc) is 2.98. The highest BCUT2D eigenvalue weighted by Gasteiger charge is 2.33. The summed E-state index contributed by atoms with van der Waals surface area (Å²) in [5, 5.41) is 8.79. The summed E-state index contributed by atoms with van der Waals surface area (Å²) in [6.07, 6.45) is 2.64. The Morgan fingerprint density at radius 2 is 2.25 bits per heavy atom. The maximum atomic E-state index is 11.4. The van der Waals surface area contributed by atoms with E-state index in [1.807, 2.05) is 0 Å². The first kappa shape index (κ1) is 11.4. The summed E-state index contributed by atoms with van der Waals surface area (Å²) >= 11 is 0. The number of hydrogen-bond acceptors (Lipinski definition) is 3. The van der Waals surface area contributed by atoms with E-state index in [-0.39, 0.29) is 12.3 Å². The lowest BCUT2D eigenvalue weighted by molar-refractivity contribution is -0.141. The zero-order chi connectivity index (χ0) is 11.5. The molecule has 0 aromatic heterocycles. The van der Waals surface area contributed by atoms with E-state index >= 15 is 0 Å². The lowest BCUT2D eigenvalue weighted by atomic mass is 10.1. The number of amides is 1. The second-order valence-electron chi connectivity index (χ2n) is 4.60. The molecule has 1 saturated heterocycles. The molecule has 2 fully saturated rings. The molecule has 5 heteroatoms. The van der Waals surface area contributed by atoms with Crippen molar-refractivity contribution in [2.24, 2.45) is 11.8 Å². The molecule has 0 aromatic rings. The van der Waals surface area contributed by atoms with Crippen molar-refractivity contribution in [3.63, 3.8) is 0 Å². The molecule has 1 aliphatic heterocycles. The van der Waals surface area contributed by atoms with Crippen LogP contribution in [0.15, 0.2) is 0 Å². The van der Waals surface area contributed by atoms with E-state index in [0.29, 0.717) is 19.7 Å². The topological polar surface area (TPSA) is 66.8 Å². The van der Waals surface area contributed by atoms with Crippen LogP contribution in [-0.4, -0.2) is 48.2 Å². The molecule has 1 heterocycles. The van der Waals surface area contributed by atoms with Crippen molar-refractivity contribution in [3.05, 3.63) is 0 Å². The standard InChI is InChI=1S/C11H17NO4/c13-10-5-9(11(14)15)6-12(10)3-4-16-7-8-1-2-8/h8-9H,1-7H2,(H,14,15). The zero-order valence-electron chi connectivity index (χ0n) is 9.22. The van der Waals surface area contributed by atoms with E-state index < -0.39 is 11.9 Å². The number of hydrogen-bond donors (Lipinski definition) is 1. The van der Waals surface area contributed by atoms with Crippen molar-refractivity contribution in [2.45, 2.75) is 19.3 Å². The lowest BCUT2D eigenvalue weighted by Crippen LogP contribution is -2.30. The minimum Gasteiger partial charge on any atom is -0.481 e. The molecule has 90 valence electrons. The van der Waals surface area contributed by atoms with Crippen molar-refractivity contribution in [3.8, 4) is 0 Å². The third kappa shape index (κ3) is 2.95. The van der Waals surface area contributed by atoms with E-state index in [2.05, 4.69) is 0 Å². The maximum Gasteiger partial charge on any atom is 0.308 e. The minimum atomic E-state index is -0.880. The SMILES string of the molecule is O=C(O)C1CC(=O)N(CCOCC2CC2)C1. The Labute approximate surface area is 94.4 Å². The fourth-order valence-corrected chi connectivity index (χ4v) is 1.86. The van der Waals surface area contributed by atoms with Gasteiger partial charge in [-0.1, -0.05) is 0 Å². The van der Waals surface area contributed by atoms with Gasteiger partial charge < -0.3 is 14.7 Å². The normalized spacial score (nSPS) is 25.1. The average molecular weight is 227 g/mol. The summed E-state index contributed by atoms with van der Waals surface area (Å²) in [5.41, 5.74) is 0. The Morgan fingerprint density at radius 1 is 1.50 bits per heavy atom. The Hall–Kier alpha value is -1.10. The van der Waals surface area contributed by atoms with Gasteiger partial charge in [0.2, 0.25) is 5.91 Å². The second-order valence-corrected chi connectivity index (χ2v) is 4.60. The largest absolute Gasteiger partial charge is 0.481 e. The van der Waals surface area contributed by atoms with Gasteiger partial charge >= 0.3 is 5.97 Å². The molecule has 1 aliphatic carbocycles. The summed E-state index contributed by atoms with van der Waals surface area (Å²) in [4.78, 5) is 23.7. The highest BCUT2D eigenvalue weighted by atomic mass is 16.5. The first-order valence-electron chi connectivity index (χ1n) is 5.75. The predicted molar refractivity (Wildman–Crippen MR) is 55.9 cm³/mol. The van der Waals surface area contributed by atoms with Crippen LogP contribution in [0.3, 0.4) is 0 Å². The molecule has 0 spiro atoms. The molecule has 5 nitrogen and oxygen atoms in total. The van der Waals surface area contributed by atoms with Gasteiger partial charge in [0.1, 0.15) is 0 Å². The van der Waals surface area contributed by atoms with Crippen LogP contribution in [0.4, 0.5) is 0 Å². The zero-order valence-corrected chi connectivity index (χ0v) is 9.22. The summed E-state index contributed by atoms with van der Waals surface area (Å²) in [6.45, 7) is 2.16. The summed E-state index contributed by atoms with van der Waals surface area (Å²) in [7, 11) is 0. The highest BCUT2D eigenvalue weighted by molar-refractivity contribution is 5.86. The molecular formula is C11H17NO4. The molecule has 1 atom stereocenters. The number of carboxylic acids is 1. The maximum absolute atomic E-state index is 11.4. The third-order valence-electron chi connectivity index (χ3n) is 3.12. The van der Waals surface area contributed by atoms with Gasteiger partial charge in [0.15, 0.2) is 0 Å². The molecule has 1 unspecified atom stereocenters. The van der Waals surface area contributed by atoms with Crippen LogP contribution in [0.5, 0.6) is 0 Å². The second kappa shape index (κ2) is 4.82. The Kier molecular flexibility index (Phi) is 3.43. The summed E-state index contributed by atoms with van der Waals surface area (Å²) < 4.78 is 5.42. The predicted octanol–water partition coefficient (Wildman–Crippen LogP) is 0.346. The fourth-order valence-electron chi connectivity index (χ4n) is 1.86. The molecule has 1 N–H and O–H groups in total. The van der Waals surface area contributed by atoms with Crippen LogP contribution in [-0.2, 0) is 14.3 Å². The van der Waals surface area contributed by atoms with Gasteiger partial charge in [-0.05, 0) is 18.8 Å². The van der Waals surface area contributed by atoms with Crippen LogP contribution in [0.2, 0.25) is 0 Å². The van der Waals surface area contributed by atoms with Crippen LogP contribution >= 0.6 is 0 Å². The van der Waals surface area contributed by atoms with Crippen molar-refractivity contribution in [2.75, 3.05) is 26.3 Å². The van der Waals surface area contributed by atoms with Gasteiger partial charge in [0.25, 0.3) is 0 Å². The Bertz CT molecular complexity index is 288. The number of ether oxygens (including phenoxy) is 1. The number of likely N-dealkylation sites (tertiary alicyclic amines) is 1. The molecule has 0 radical (unpaired) electrons. The summed E-state index contributed by atoms with van der Waals surface area (Å²) in [6, 6.07) is 0. The minimum absolute atomic E-state index is 0.0672. The Morgan fingerprint density at radius 3 is 2.81 bits per heavy atom. The van der Waals surface area contributed by atoms with Crippen LogP contribution in [0.1, 0.15) is 19.3 Å². The number of nitrogens with zero attached hydrogens (tertiary/aromatic N) is 1. The van der Waals surface area contributed by atoms with Gasteiger partial charge in [0.05, 0.1) is 12.5 Å². The number of carbonyl (C=O) groups is 2. The van der Waals surface area contributed by atoms with Crippen LogP contribution < -0.4 is 0 Å². The molecule has 2 rings (SSSR count). The van der Waals surface area contributed by atoms with Crippen molar-refractivity contribution < 1.29 is 19.4 Å². The first-order valence-corrected chi connectivity index (χ1v) is 5.75. The number of aliphatic carboxylic acids is 1. The fraction of sp³-hybridized carbons (Fsp3) is 0.818. The molecule has 1 saturated carbocycles. The number of rotatable bonds is 6. The van der Waals surface area contributed by atoms with E-state index in [9.17, 15) is 9.59 Å². The van der Waals surface area contributed by atoms with Gasteiger partial charge in [-0.2, -0.15) is 0 Å². The molecule has 1 amide bonds. The monoisotopic (exact) mass is 227 g/mol. The van der Waals surface area contributed by atoms with E-state index in [1.165, 1.54) is 12.8 Å². The molecular weight excluding hydrogens is 210 g/mol. The molecule has 2 aliphatic rings. The number of carboxylic acid groups (broad SMARTS) is 1. The Balaban J connectivity index is 1.64. The quantitative estimate of drug-likeness (QED) is 0.665. The third-order valence-corrected chi connectivity index (χ3v) is 3.12. The van der Waals surface area contributed by atoms with E-state index in [0.717, 1.165) is 12.5 Å². The van der Waals surface area contributed by atoms with Crippen molar-refractivity contribution in [1.29, 1.82) is 0 Å². The first-order chi connectivity index (χ1) is 7.66. The molecule has 0 bridgehead atoms. The number of carbonyl (C=O) groups excluding carboxylic acids is 1. The van der Waals surface area contributed by atoms with E-state index in [1.54, 1.807) is 4.90 Å². The van der Waals surface area contributed by atoms with Gasteiger partial charge in [-0.3, -0.25) is 9.59 Å². The van der Waals surface area contributed by atoms with Gasteiger partial charge in [-0.25, -0.2) is 0 Å². The van der Waals surface area contributed by atoms with E-state index in [4.69, 9.17) is 9.84 Å². The molecule has 0 aromatic carbocycles. The van der Waals surface area contributed by atoms with Crippen LogP contribution in [0, 0.1) is 11.8 Å². The van der Waals surface area contributed by atoms with Gasteiger partial charge in [-0.15, -0.1) is 0 Å². The lowest BCUT2D eigenvalue weighted by Gasteiger charge is -2.15. The molecule has 16 heavy (non-hydrogen) atoms. The van der Waals surface area contributed by atoms with Crippen molar-refractivity contribution >= 4 is 11.9 Å².